The number of carbonyl (C=O) groups is 1. The van der Waals surface area contributed by atoms with Gasteiger partial charge in [0.1, 0.15) is 11.9 Å². The van der Waals surface area contributed by atoms with Gasteiger partial charge in [-0.3, -0.25) is 0 Å². The molecule has 128 valence electrons. The molecule has 0 aromatic heterocycles. The lowest BCUT2D eigenvalue weighted by Gasteiger charge is -2.20. The molecule has 24 heavy (non-hydrogen) atoms. The molecule has 2 aromatic rings. The van der Waals surface area contributed by atoms with Crippen LogP contribution in [0.5, 0.6) is 5.75 Å². The van der Waals surface area contributed by atoms with E-state index in [0.29, 0.717) is 13.0 Å². The summed E-state index contributed by atoms with van der Waals surface area (Å²) in [7, 11) is 0. The van der Waals surface area contributed by atoms with Crippen LogP contribution < -0.4 is 15.4 Å². The van der Waals surface area contributed by atoms with Crippen molar-refractivity contribution in [2.45, 2.75) is 25.5 Å². The molecule has 0 spiro atoms. The predicted molar refractivity (Wildman–Crippen MR) is 94.0 cm³/mol. The summed E-state index contributed by atoms with van der Waals surface area (Å²) in [5.41, 5.74) is 0.968. The van der Waals surface area contributed by atoms with Crippen molar-refractivity contribution in [3.05, 3.63) is 66.2 Å². The Bertz CT molecular complexity index is 605. The minimum absolute atomic E-state index is 0.00730. The topological polar surface area (TPSA) is 70.6 Å². The fourth-order valence-corrected chi connectivity index (χ4v) is 2.36. The smallest absolute Gasteiger partial charge is 0.315 e. The van der Waals surface area contributed by atoms with E-state index in [1.165, 1.54) is 0 Å². The summed E-state index contributed by atoms with van der Waals surface area (Å²) in [4.78, 5) is 12.1. The second-order valence-corrected chi connectivity index (χ2v) is 5.57. The van der Waals surface area contributed by atoms with E-state index in [-0.39, 0.29) is 24.8 Å². The number of aliphatic hydroxyl groups excluding tert-OH is 1. The maximum Gasteiger partial charge on any atom is 0.315 e. The van der Waals surface area contributed by atoms with E-state index in [0.717, 1.165) is 11.3 Å². The van der Waals surface area contributed by atoms with Crippen LogP contribution in [0.1, 0.15) is 24.9 Å². The highest BCUT2D eigenvalue weighted by Crippen LogP contribution is 2.15. The molecule has 0 fully saturated rings. The third-order valence-electron chi connectivity index (χ3n) is 3.56. The quantitative estimate of drug-likeness (QED) is 0.698. The number of para-hydroxylation sites is 1. The van der Waals surface area contributed by atoms with Crippen molar-refractivity contribution < 1.29 is 14.6 Å². The van der Waals surface area contributed by atoms with Crippen molar-refractivity contribution >= 4 is 6.03 Å². The van der Waals surface area contributed by atoms with Gasteiger partial charge in [0.2, 0.25) is 0 Å². The van der Waals surface area contributed by atoms with Gasteiger partial charge in [-0.1, -0.05) is 48.5 Å². The van der Waals surface area contributed by atoms with Crippen LogP contribution in [0, 0.1) is 0 Å². The van der Waals surface area contributed by atoms with Gasteiger partial charge >= 0.3 is 6.03 Å². The normalized spacial score (nSPS) is 12.9. The van der Waals surface area contributed by atoms with E-state index in [4.69, 9.17) is 4.74 Å². The molecule has 1 unspecified atom stereocenters. The van der Waals surface area contributed by atoms with Crippen molar-refractivity contribution in [1.82, 2.24) is 10.6 Å². The molecular weight excluding hydrogens is 304 g/mol. The summed E-state index contributed by atoms with van der Waals surface area (Å²) in [6, 6.07) is 18.6. The fourth-order valence-electron chi connectivity index (χ4n) is 2.36. The fraction of sp³-hybridized carbons (Fsp3) is 0.316. The van der Waals surface area contributed by atoms with Gasteiger partial charge in [-0.05, 0) is 31.0 Å². The molecule has 2 amide bonds. The second-order valence-electron chi connectivity index (χ2n) is 5.57. The van der Waals surface area contributed by atoms with Gasteiger partial charge in [-0.15, -0.1) is 0 Å². The number of benzene rings is 2. The summed E-state index contributed by atoms with van der Waals surface area (Å²) in [5, 5.41) is 14.9. The summed E-state index contributed by atoms with van der Waals surface area (Å²) < 4.78 is 5.72. The van der Waals surface area contributed by atoms with Crippen molar-refractivity contribution in [2.75, 3.05) is 13.2 Å². The number of rotatable bonds is 8. The van der Waals surface area contributed by atoms with E-state index in [1.807, 2.05) is 67.6 Å². The van der Waals surface area contributed by atoms with Crippen molar-refractivity contribution in [1.29, 1.82) is 0 Å². The highest BCUT2D eigenvalue weighted by molar-refractivity contribution is 5.74. The highest BCUT2D eigenvalue weighted by atomic mass is 16.5. The number of amides is 2. The van der Waals surface area contributed by atoms with Crippen LogP contribution in [0.3, 0.4) is 0 Å². The van der Waals surface area contributed by atoms with Crippen LogP contribution in [0.4, 0.5) is 4.79 Å². The maximum atomic E-state index is 12.1. The van der Waals surface area contributed by atoms with Crippen LogP contribution in [0.2, 0.25) is 0 Å². The average Bonchev–Trinajstić information content (AvgIpc) is 2.61. The van der Waals surface area contributed by atoms with Crippen molar-refractivity contribution in [3.63, 3.8) is 0 Å². The first kappa shape index (κ1) is 17.8. The van der Waals surface area contributed by atoms with E-state index in [2.05, 4.69) is 10.6 Å². The first-order chi connectivity index (χ1) is 11.7. The number of carbonyl (C=O) groups excluding carboxylic acids is 1. The average molecular weight is 328 g/mol. The van der Waals surface area contributed by atoms with Gasteiger partial charge in [0.25, 0.3) is 0 Å². The number of hydrogen-bond acceptors (Lipinski definition) is 3. The Kier molecular flexibility index (Phi) is 7.11. The van der Waals surface area contributed by atoms with Gasteiger partial charge in [-0.25, -0.2) is 4.79 Å². The number of aliphatic hydroxyl groups is 1. The van der Waals surface area contributed by atoms with Gasteiger partial charge < -0.3 is 20.5 Å². The molecule has 5 nitrogen and oxygen atoms in total. The van der Waals surface area contributed by atoms with Crippen molar-refractivity contribution in [2.24, 2.45) is 0 Å². The van der Waals surface area contributed by atoms with Crippen LogP contribution >= 0.6 is 0 Å². The highest BCUT2D eigenvalue weighted by Gasteiger charge is 2.14. The Morgan fingerprint density at radius 1 is 1.08 bits per heavy atom. The van der Waals surface area contributed by atoms with Crippen LogP contribution in [-0.4, -0.2) is 30.4 Å². The standard InChI is InChI=1S/C19H24N2O3/c1-15(24-17-10-6-3-7-11-17)14-20-19(23)21-18(12-13-22)16-8-4-2-5-9-16/h2-11,15,18,22H,12-14H2,1H3,(H2,20,21,23)/t15?,18-/m1/s1. The number of urea groups is 1. The molecule has 5 heteroatoms. The molecule has 2 aromatic carbocycles. The summed E-state index contributed by atoms with van der Waals surface area (Å²) in [5.74, 6) is 0.773. The molecule has 2 atom stereocenters. The zero-order chi connectivity index (χ0) is 17.2. The van der Waals surface area contributed by atoms with E-state index in [9.17, 15) is 9.90 Å². The first-order valence-corrected chi connectivity index (χ1v) is 8.11. The Morgan fingerprint density at radius 3 is 2.33 bits per heavy atom. The van der Waals surface area contributed by atoms with Crippen LogP contribution in [0.25, 0.3) is 0 Å². The number of ether oxygens (including phenoxy) is 1. The first-order valence-electron chi connectivity index (χ1n) is 8.11. The Labute approximate surface area is 142 Å². The maximum absolute atomic E-state index is 12.1. The number of hydrogen-bond donors (Lipinski definition) is 3. The van der Waals surface area contributed by atoms with Crippen LogP contribution in [0.15, 0.2) is 60.7 Å². The van der Waals surface area contributed by atoms with Gasteiger partial charge in [0.15, 0.2) is 0 Å². The minimum atomic E-state index is -0.277. The molecule has 2 rings (SSSR count). The Balaban J connectivity index is 1.80. The molecule has 0 aliphatic rings. The Hall–Kier alpha value is -2.53. The largest absolute Gasteiger partial charge is 0.489 e. The van der Waals surface area contributed by atoms with E-state index in [1.54, 1.807) is 0 Å². The molecule has 0 bridgehead atoms. The summed E-state index contributed by atoms with van der Waals surface area (Å²) in [6.45, 7) is 2.30. The molecule has 0 heterocycles. The second kappa shape index (κ2) is 9.57. The SMILES string of the molecule is CC(CNC(=O)N[C@H](CCO)c1ccccc1)Oc1ccccc1. The lowest BCUT2D eigenvalue weighted by atomic mass is 10.0. The number of nitrogens with one attached hydrogen (secondary N) is 2. The molecule has 0 saturated carbocycles. The zero-order valence-electron chi connectivity index (χ0n) is 13.8. The van der Waals surface area contributed by atoms with Gasteiger partial charge in [0.05, 0.1) is 12.6 Å². The van der Waals surface area contributed by atoms with Crippen LogP contribution in [-0.2, 0) is 0 Å². The lowest BCUT2D eigenvalue weighted by Crippen LogP contribution is -2.42. The molecule has 0 aliphatic heterocycles. The molecule has 0 saturated heterocycles. The molecular formula is C19H24N2O3. The van der Waals surface area contributed by atoms with E-state index < -0.39 is 0 Å². The van der Waals surface area contributed by atoms with Gasteiger partial charge in [0, 0.05) is 6.61 Å². The molecule has 0 aliphatic carbocycles. The third kappa shape index (κ3) is 5.93. The third-order valence-corrected chi connectivity index (χ3v) is 3.56. The summed E-state index contributed by atoms with van der Waals surface area (Å²) in [6.07, 6.45) is 0.319. The Morgan fingerprint density at radius 2 is 1.71 bits per heavy atom. The van der Waals surface area contributed by atoms with Crippen molar-refractivity contribution in [3.8, 4) is 5.75 Å². The monoisotopic (exact) mass is 328 g/mol. The summed E-state index contributed by atoms with van der Waals surface area (Å²) >= 11 is 0. The van der Waals surface area contributed by atoms with E-state index >= 15 is 0 Å². The lowest BCUT2D eigenvalue weighted by molar-refractivity contribution is 0.203. The predicted octanol–water partition coefficient (Wildman–Crippen LogP) is 2.88. The molecule has 3 N–H and O–H groups in total. The van der Waals surface area contributed by atoms with Gasteiger partial charge in [-0.2, -0.15) is 0 Å². The zero-order valence-corrected chi connectivity index (χ0v) is 13.8. The molecule has 0 radical (unpaired) electrons. The minimum Gasteiger partial charge on any atom is -0.489 e.